The summed E-state index contributed by atoms with van der Waals surface area (Å²) in [6.07, 6.45) is 4.81. The quantitative estimate of drug-likeness (QED) is 0.350. The molecule has 0 aromatic heterocycles. The Labute approximate surface area is 132 Å². The van der Waals surface area contributed by atoms with E-state index in [0.717, 1.165) is 32.3 Å². The summed E-state index contributed by atoms with van der Waals surface area (Å²) in [5.74, 6) is 10.0. The number of aliphatic hydroxyl groups is 1. The third-order valence-corrected chi connectivity index (χ3v) is 3.08. The monoisotopic (exact) mass is 308 g/mol. The number of rotatable bonds is 6. The number of unbranched alkanes of at least 4 members (excludes halogenated alkanes) is 1. The van der Waals surface area contributed by atoms with Gasteiger partial charge in [0, 0.05) is 25.4 Å². The molecule has 1 N–H and O–H groups in total. The second kappa shape index (κ2) is 12.1. The first-order chi connectivity index (χ1) is 10.7. The normalized spacial score (nSPS) is 18.4. The van der Waals surface area contributed by atoms with Gasteiger partial charge in [0.25, 0.3) is 0 Å². The van der Waals surface area contributed by atoms with Crippen LogP contribution in [0.25, 0.3) is 0 Å². The lowest BCUT2D eigenvalue weighted by molar-refractivity contribution is -0.162. The van der Waals surface area contributed by atoms with Crippen LogP contribution in [0.2, 0.25) is 0 Å². The Kier molecular flexibility index (Phi) is 10.1. The highest BCUT2D eigenvalue weighted by Gasteiger charge is 2.12. The van der Waals surface area contributed by atoms with E-state index in [4.69, 9.17) is 9.47 Å². The number of hydrogen-bond acceptors (Lipinski definition) is 5. The van der Waals surface area contributed by atoms with Gasteiger partial charge >= 0.3 is 5.97 Å². The van der Waals surface area contributed by atoms with E-state index in [1.54, 1.807) is 0 Å². The summed E-state index contributed by atoms with van der Waals surface area (Å²) in [5, 5.41) is 9.62. The molecule has 0 bridgehead atoms. The summed E-state index contributed by atoms with van der Waals surface area (Å²) in [4.78, 5) is 10.7. The van der Waals surface area contributed by atoms with Crippen LogP contribution in [0.5, 0.6) is 0 Å². The molecule has 1 aliphatic heterocycles. The van der Waals surface area contributed by atoms with Crippen LogP contribution in [-0.4, -0.2) is 43.8 Å². The van der Waals surface area contributed by atoms with Crippen LogP contribution < -0.4 is 0 Å². The first-order valence-corrected chi connectivity index (χ1v) is 7.69. The van der Waals surface area contributed by atoms with Crippen molar-refractivity contribution in [1.82, 2.24) is 0 Å². The van der Waals surface area contributed by atoms with E-state index in [1.807, 2.05) is 0 Å². The Balaban J connectivity index is 2.02. The summed E-state index contributed by atoms with van der Waals surface area (Å²) in [5.41, 5.74) is 0. The minimum Gasteiger partial charge on any atom is -0.459 e. The van der Waals surface area contributed by atoms with Crippen LogP contribution in [0, 0.1) is 23.7 Å². The number of carbonyl (C=O) groups is 1. The second-order valence-electron chi connectivity index (χ2n) is 4.94. The van der Waals surface area contributed by atoms with Gasteiger partial charge in [-0.3, -0.25) is 0 Å². The molecule has 0 saturated carbocycles. The minimum atomic E-state index is -0.713. The van der Waals surface area contributed by atoms with Crippen molar-refractivity contribution in [2.75, 3.05) is 20.3 Å². The number of methoxy groups -OCH3 is 1. The molecule has 122 valence electrons. The lowest BCUT2D eigenvalue weighted by atomic mass is 10.2. The Bertz CT molecular complexity index is 431. The van der Waals surface area contributed by atoms with Gasteiger partial charge in [-0.15, -0.1) is 5.92 Å². The highest BCUT2D eigenvalue weighted by atomic mass is 16.7. The van der Waals surface area contributed by atoms with Crippen molar-refractivity contribution in [2.24, 2.45) is 0 Å². The molecule has 1 aliphatic rings. The van der Waals surface area contributed by atoms with Crippen LogP contribution in [0.15, 0.2) is 0 Å². The average Bonchev–Trinajstić information content (AvgIpc) is 2.55. The fourth-order valence-corrected chi connectivity index (χ4v) is 1.87. The van der Waals surface area contributed by atoms with E-state index in [-0.39, 0.29) is 6.29 Å². The zero-order valence-corrected chi connectivity index (χ0v) is 13.1. The lowest BCUT2D eigenvalue weighted by Gasteiger charge is -2.22. The maximum atomic E-state index is 10.7. The first kappa shape index (κ1) is 18.5. The lowest BCUT2D eigenvalue weighted by Crippen LogP contribution is -2.22. The zero-order chi connectivity index (χ0) is 16.0. The highest BCUT2D eigenvalue weighted by molar-refractivity contribution is 5.88. The van der Waals surface area contributed by atoms with Crippen molar-refractivity contribution >= 4 is 5.97 Å². The summed E-state index contributed by atoms with van der Waals surface area (Å²) in [7, 11) is 1.28. The SMILES string of the molecule is COC(=O)C#CCCC(O)C#CCCCOC1CCCCO1. The van der Waals surface area contributed by atoms with E-state index < -0.39 is 12.1 Å². The Morgan fingerprint density at radius 1 is 1.36 bits per heavy atom. The van der Waals surface area contributed by atoms with Crippen molar-refractivity contribution in [3.63, 3.8) is 0 Å². The Morgan fingerprint density at radius 2 is 2.23 bits per heavy atom. The van der Waals surface area contributed by atoms with Crippen molar-refractivity contribution in [3.8, 4) is 23.7 Å². The second-order valence-corrected chi connectivity index (χ2v) is 4.94. The number of carbonyl (C=O) groups excluding carboxylic acids is 1. The van der Waals surface area contributed by atoms with Gasteiger partial charge in [-0.05, 0) is 32.1 Å². The largest absolute Gasteiger partial charge is 0.459 e. The van der Waals surface area contributed by atoms with Gasteiger partial charge in [-0.25, -0.2) is 4.79 Å². The minimum absolute atomic E-state index is 0.0549. The number of hydrogen-bond donors (Lipinski definition) is 1. The maximum absolute atomic E-state index is 10.7. The molecule has 0 aliphatic carbocycles. The molecule has 2 unspecified atom stereocenters. The van der Waals surface area contributed by atoms with Crippen LogP contribution in [-0.2, 0) is 19.0 Å². The van der Waals surface area contributed by atoms with E-state index >= 15 is 0 Å². The molecule has 0 spiro atoms. The molecule has 0 amide bonds. The van der Waals surface area contributed by atoms with Gasteiger partial charge in [-0.2, -0.15) is 0 Å². The molecule has 0 radical (unpaired) electrons. The van der Waals surface area contributed by atoms with Gasteiger partial charge in [0.2, 0.25) is 0 Å². The van der Waals surface area contributed by atoms with Crippen LogP contribution in [0.1, 0.15) is 44.9 Å². The van der Waals surface area contributed by atoms with Crippen molar-refractivity contribution in [2.45, 2.75) is 57.3 Å². The molecule has 1 saturated heterocycles. The fourth-order valence-electron chi connectivity index (χ4n) is 1.87. The van der Waals surface area contributed by atoms with Gasteiger partial charge in [0.15, 0.2) is 6.29 Å². The third kappa shape index (κ3) is 9.41. The smallest absolute Gasteiger partial charge is 0.384 e. The Hall–Kier alpha value is -1.53. The molecule has 5 heteroatoms. The maximum Gasteiger partial charge on any atom is 0.384 e. The molecule has 5 nitrogen and oxygen atoms in total. The topological polar surface area (TPSA) is 65.0 Å². The van der Waals surface area contributed by atoms with Gasteiger partial charge in [-0.1, -0.05) is 11.8 Å². The zero-order valence-electron chi connectivity index (χ0n) is 13.1. The van der Waals surface area contributed by atoms with Crippen molar-refractivity contribution < 1.29 is 24.1 Å². The number of ether oxygens (including phenoxy) is 3. The first-order valence-electron chi connectivity index (χ1n) is 7.69. The average molecular weight is 308 g/mol. The summed E-state index contributed by atoms with van der Waals surface area (Å²) in [6.45, 7) is 1.41. The van der Waals surface area contributed by atoms with Crippen LogP contribution in [0.3, 0.4) is 0 Å². The van der Waals surface area contributed by atoms with Crippen molar-refractivity contribution in [1.29, 1.82) is 0 Å². The molecule has 1 rings (SSSR count). The van der Waals surface area contributed by atoms with E-state index in [9.17, 15) is 9.90 Å². The number of aliphatic hydroxyl groups excluding tert-OH is 1. The van der Waals surface area contributed by atoms with Crippen LogP contribution >= 0.6 is 0 Å². The molecular weight excluding hydrogens is 284 g/mol. The molecule has 1 fully saturated rings. The summed E-state index contributed by atoms with van der Waals surface area (Å²) >= 11 is 0. The standard InChI is InChI=1S/C17H24O5/c1-20-16(19)11-5-4-10-15(18)9-3-2-7-13-21-17-12-6-8-14-22-17/h15,17-18H,2,4,6-8,10,12-14H2,1H3. The van der Waals surface area contributed by atoms with E-state index in [1.165, 1.54) is 7.11 Å². The molecule has 2 atom stereocenters. The molecular formula is C17H24O5. The fraction of sp³-hybridized carbons (Fsp3) is 0.706. The Morgan fingerprint density at radius 3 is 2.95 bits per heavy atom. The van der Waals surface area contributed by atoms with Crippen molar-refractivity contribution in [3.05, 3.63) is 0 Å². The molecule has 1 heterocycles. The predicted molar refractivity (Wildman–Crippen MR) is 81.6 cm³/mol. The predicted octanol–water partition coefficient (Wildman–Crippen LogP) is 1.63. The molecule has 0 aromatic rings. The van der Waals surface area contributed by atoms with E-state index in [2.05, 4.69) is 28.4 Å². The summed E-state index contributed by atoms with van der Waals surface area (Å²) < 4.78 is 15.4. The van der Waals surface area contributed by atoms with Crippen LogP contribution in [0.4, 0.5) is 0 Å². The van der Waals surface area contributed by atoms with Gasteiger partial charge < -0.3 is 19.3 Å². The number of esters is 1. The third-order valence-electron chi connectivity index (χ3n) is 3.08. The van der Waals surface area contributed by atoms with E-state index in [0.29, 0.717) is 25.9 Å². The highest BCUT2D eigenvalue weighted by Crippen LogP contribution is 2.13. The van der Waals surface area contributed by atoms with Gasteiger partial charge in [0.1, 0.15) is 6.10 Å². The molecule has 0 aromatic carbocycles. The summed E-state index contributed by atoms with van der Waals surface area (Å²) in [6, 6.07) is 0. The van der Waals surface area contributed by atoms with Gasteiger partial charge in [0.05, 0.1) is 13.7 Å². The molecule has 22 heavy (non-hydrogen) atoms.